The number of nitrogens with one attached hydrogen (secondary N) is 1. The van der Waals surface area contributed by atoms with Gasteiger partial charge in [-0.15, -0.1) is 0 Å². The molecular formula is C29H37N3O4. The fourth-order valence-corrected chi connectivity index (χ4v) is 4.00. The average Bonchev–Trinajstić information content (AvgIpc) is 3.30. The van der Waals surface area contributed by atoms with E-state index in [1.807, 2.05) is 24.3 Å². The van der Waals surface area contributed by atoms with Crippen LogP contribution in [0.15, 0.2) is 53.1 Å². The number of benzene rings is 2. The molecule has 0 aliphatic rings. The highest BCUT2D eigenvalue weighted by molar-refractivity contribution is 5.96. The van der Waals surface area contributed by atoms with Gasteiger partial charge in [0.1, 0.15) is 0 Å². The largest absolute Gasteiger partial charge is 0.481 e. The van der Waals surface area contributed by atoms with Crippen LogP contribution in [-0.4, -0.2) is 33.0 Å². The van der Waals surface area contributed by atoms with Crippen molar-refractivity contribution in [2.75, 3.05) is 5.32 Å². The Morgan fingerprint density at radius 1 is 1.00 bits per heavy atom. The molecule has 0 amide bonds. The molecule has 0 bridgehead atoms. The smallest absolute Gasteiger partial charge is 0.303 e. The second-order valence-corrected chi connectivity index (χ2v) is 10.3. The molecule has 7 nitrogen and oxygen atoms in total. The monoisotopic (exact) mass is 491 g/mol. The Balaban J connectivity index is 1.63. The summed E-state index contributed by atoms with van der Waals surface area (Å²) in [5, 5.41) is 16.5. The topological polar surface area (TPSA) is 105 Å². The van der Waals surface area contributed by atoms with Gasteiger partial charge in [-0.25, -0.2) is 0 Å². The molecule has 0 fully saturated rings. The van der Waals surface area contributed by atoms with Gasteiger partial charge in [-0.3, -0.25) is 9.59 Å². The van der Waals surface area contributed by atoms with Crippen LogP contribution in [0.5, 0.6) is 0 Å². The van der Waals surface area contributed by atoms with Gasteiger partial charge in [0.2, 0.25) is 0 Å². The minimum atomic E-state index is -0.882. The molecule has 7 heteroatoms. The predicted octanol–water partition coefficient (Wildman–Crippen LogP) is 6.69. The number of Topliss-reactive ketones (excluding diaryl/α,β-unsaturated/α-hetero) is 1. The second-order valence-electron chi connectivity index (χ2n) is 10.3. The molecule has 2 aromatic carbocycles. The van der Waals surface area contributed by atoms with E-state index in [-0.39, 0.29) is 30.1 Å². The van der Waals surface area contributed by atoms with Gasteiger partial charge in [0.25, 0.3) is 5.89 Å². The zero-order valence-corrected chi connectivity index (χ0v) is 21.7. The van der Waals surface area contributed by atoms with Crippen molar-refractivity contribution in [3.05, 3.63) is 65.5 Å². The van der Waals surface area contributed by atoms with Gasteiger partial charge in [0, 0.05) is 42.1 Å². The molecule has 1 heterocycles. The molecule has 0 unspecified atom stereocenters. The van der Waals surface area contributed by atoms with Crippen LogP contribution in [0.1, 0.15) is 88.0 Å². The van der Waals surface area contributed by atoms with E-state index in [0.717, 1.165) is 30.5 Å². The number of aromatic nitrogens is 2. The normalized spacial score (nSPS) is 12.3. The standard InChI is InChI=1S/C29H37N3O4/c1-5-6-8-24(30-23-17-13-20(14-18-23)25(33)9-7-10-27(34)35)19-26-31-28(36-32-26)21-11-15-22(16-12-21)29(2,3)4/h11-18,24,30H,5-10,19H2,1-4H3,(H,34,35)/t24-/m0/s1. The van der Waals surface area contributed by atoms with Crippen molar-refractivity contribution >= 4 is 17.4 Å². The van der Waals surface area contributed by atoms with E-state index >= 15 is 0 Å². The minimum absolute atomic E-state index is 0.00448. The van der Waals surface area contributed by atoms with Crippen LogP contribution in [0.4, 0.5) is 5.69 Å². The van der Waals surface area contributed by atoms with E-state index in [9.17, 15) is 9.59 Å². The van der Waals surface area contributed by atoms with Crippen molar-refractivity contribution in [3.63, 3.8) is 0 Å². The molecule has 0 radical (unpaired) electrons. The third-order valence-electron chi connectivity index (χ3n) is 6.17. The molecule has 0 saturated heterocycles. The summed E-state index contributed by atoms with van der Waals surface area (Å²) in [5.41, 5.74) is 3.75. The van der Waals surface area contributed by atoms with Crippen LogP contribution in [0.2, 0.25) is 0 Å². The highest BCUT2D eigenvalue weighted by Gasteiger charge is 2.17. The van der Waals surface area contributed by atoms with Crippen LogP contribution < -0.4 is 5.32 Å². The Hall–Kier alpha value is -3.48. The van der Waals surface area contributed by atoms with E-state index in [2.05, 4.69) is 55.3 Å². The number of hydrogen-bond acceptors (Lipinski definition) is 6. The molecule has 192 valence electrons. The van der Waals surface area contributed by atoms with E-state index in [1.165, 1.54) is 5.56 Å². The van der Waals surface area contributed by atoms with Crippen LogP contribution in [-0.2, 0) is 16.6 Å². The Morgan fingerprint density at radius 2 is 1.69 bits per heavy atom. The number of unbranched alkanes of at least 4 members (excludes halogenated alkanes) is 1. The quantitative estimate of drug-likeness (QED) is 0.257. The first-order valence-electron chi connectivity index (χ1n) is 12.7. The van der Waals surface area contributed by atoms with Gasteiger partial charge in [0.15, 0.2) is 11.6 Å². The van der Waals surface area contributed by atoms with E-state index in [4.69, 9.17) is 9.63 Å². The summed E-state index contributed by atoms with van der Waals surface area (Å²) < 4.78 is 5.56. The average molecular weight is 492 g/mol. The maximum atomic E-state index is 12.3. The van der Waals surface area contributed by atoms with Gasteiger partial charge in [-0.1, -0.05) is 57.8 Å². The summed E-state index contributed by atoms with van der Waals surface area (Å²) in [5.74, 6) is 0.252. The lowest BCUT2D eigenvalue weighted by Gasteiger charge is -2.19. The predicted molar refractivity (Wildman–Crippen MR) is 141 cm³/mol. The van der Waals surface area contributed by atoms with Crippen LogP contribution >= 0.6 is 0 Å². The van der Waals surface area contributed by atoms with E-state index < -0.39 is 5.97 Å². The number of ketones is 1. The van der Waals surface area contributed by atoms with Gasteiger partial charge in [0.05, 0.1) is 0 Å². The lowest BCUT2D eigenvalue weighted by atomic mass is 9.87. The number of carbonyl (C=O) groups is 2. The molecule has 3 aromatic rings. The summed E-state index contributed by atoms with van der Waals surface area (Å²) in [7, 11) is 0. The van der Waals surface area contributed by atoms with Gasteiger partial charge < -0.3 is 14.9 Å². The van der Waals surface area contributed by atoms with Crippen LogP contribution in [0.3, 0.4) is 0 Å². The van der Waals surface area contributed by atoms with Crippen molar-refractivity contribution in [2.24, 2.45) is 0 Å². The summed E-state index contributed by atoms with van der Waals surface area (Å²) in [6, 6.07) is 15.7. The van der Waals surface area contributed by atoms with E-state index in [1.54, 1.807) is 12.1 Å². The first-order chi connectivity index (χ1) is 17.2. The zero-order chi connectivity index (χ0) is 26.1. The van der Waals surface area contributed by atoms with Crippen molar-refractivity contribution in [2.45, 2.75) is 84.1 Å². The van der Waals surface area contributed by atoms with E-state index in [0.29, 0.717) is 30.1 Å². The molecule has 3 rings (SSSR count). The highest BCUT2D eigenvalue weighted by Crippen LogP contribution is 2.26. The zero-order valence-electron chi connectivity index (χ0n) is 21.7. The first-order valence-corrected chi connectivity index (χ1v) is 12.7. The molecule has 0 spiro atoms. The van der Waals surface area contributed by atoms with Crippen molar-refractivity contribution < 1.29 is 19.2 Å². The summed E-state index contributed by atoms with van der Waals surface area (Å²) in [6.45, 7) is 8.72. The molecule has 1 atom stereocenters. The summed E-state index contributed by atoms with van der Waals surface area (Å²) in [6.07, 6.45) is 4.31. The van der Waals surface area contributed by atoms with Crippen molar-refractivity contribution in [3.8, 4) is 11.5 Å². The Kier molecular flexibility index (Phi) is 9.39. The number of carbonyl (C=O) groups excluding carboxylic acids is 1. The molecule has 1 aromatic heterocycles. The third kappa shape index (κ3) is 8.04. The SMILES string of the molecule is CCCC[C@@H](Cc1noc(-c2ccc(C(C)(C)C)cc2)n1)Nc1ccc(C(=O)CCCC(=O)O)cc1. The number of carboxylic acids is 1. The molecule has 0 aliphatic carbocycles. The van der Waals surface area contributed by atoms with Crippen LogP contribution in [0.25, 0.3) is 11.5 Å². The number of aliphatic carboxylic acids is 1. The maximum Gasteiger partial charge on any atom is 0.303 e. The fraction of sp³-hybridized carbons (Fsp3) is 0.448. The van der Waals surface area contributed by atoms with Crippen LogP contribution in [0, 0.1) is 0 Å². The molecular weight excluding hydrogens is 454 g/mol. The number of carboxylic acid groups (broad SMARTS) is 1. The third-order valence-corrected chi connectivity index (χ3v) is 6.17. The maximum absolute atomic E-state index is 12.3. The minimum Gasteiger partial charge on any atom is -0.481 e. The van der Waals surface area contributed by atoms with Gasteiger partial charge in [-0.05, 0) is 60.2 Å². The molecule has 0 aliphatic heterocycles. The number of anilines is 1. The lowest BCUT2D eigenvalue weighted by Crippen LogP contribution is -2.23. The highest BCUT2D eigenvalue weighted by atomic mass is 16.5. The fourth-order valence-electron chi connectivity index (χ4n) is 4.00. The lowest BCUT2D eigenvalue weighted by molar-refractivity contribution is -0.137. The van der Waals surface area contributed by atoms with Gasteiger partial charge >= 0.3 is 5.97 Å². The van der Waals surface area contributed by atoms with Crippen molar-refractivity contribution in [1.29, 1.82) is 0 Å². The molecule has 2 N–H and O–H groups in total. The summed E-state index contributed by atoms with van der Waals surface area (Å²) >= 11 is 0. The number of nitrogens with zero attached hydrogens (tertiary/aromatic N) is 2. The summed E-state index contributed by atoms with van der Waals surface area (Å²) in [4.78, 5) is 27.6. The number of rotatable bonds is 13. The first kappa shape index (κ1) is 27.1. The second kappa shape index (κ2) is 12.5. The number of hydrogen-bond donors (Lipinski definition) is 2. The Morgan fingerprint density at radius 3 is 2.31 bits per heavy atom. The van der Waals surface area contributed by atoms with Gasteiger partial charge in [-0.2, -0.15) is 4.98 Å². The Labute approximate surface area is 213 Å². The molecule has 36 heavy (non-hydrogen) atoms. The Bertz CT molecular complexity index is 1130. The molecule has 0 saturated carbocycles. The van der Waals surface area contributed by atoms with Crippen molar-refractivity contribution in [1.82, 2.24) is 10.1 Å².